The fraction of sp³-hybridized carbons (Fsp3) is 0.760. The zero-order valence-electron chi connectivity index (χ0n) is 21.1. The third kappa shape index (κ3) is 3.90. The molecule has 0 saturated carbocycles. The van der Waals surface area contributed by atoms with Crippen molar-refractivity contribution in [1.82, 2.24) is 0 Å². The maximum absolute atomic E-state index is 5.78. The van der Waals surface area contributed by atoms with Gasteiger partial charge in [0.1, 0.15) is 5.75 Å². The van der Waals surface area contributed by atoms with Crippen LogP contribution >= 0.6 is 0 Å². The minimum absolute atomic E-state index is 0.705. The van der Waals surface area contributed by atoms with Crippen molar-refractivity contribution in [3.63, 3.8) is 0 Å². The fourth-order valence-corrected chi connectivity index (χ4v) is 22.1. The largest absolute Gasteiger partial charge is 0.497 e. The van der Waals surface area contributed by atoms with Crippen LogP contribution in [-0.2, 0) is 0 Å². The Balaban J connectivity index is 4.15. The van der Waals surface area contributed by atoms with E-state index in [1.165, 1.54) is 0 Å². The molecule has 0 unspecified atom stereocenters. The Morgan fingerprint density at radius 1 is 0.536 bits per heavy atom. The lowest BCUT2D eigenvalue weighted by atomic mass is 10.3. The van der Waals surface area contributed by atoms with E-state index in [0.29, 0.717) is 16.6 Å². The lowest BCUT2D eigenvalue weighted by molar-refractivity contribution is 0.415. The van der Waals surface area contributed by atoms with Crippen molar-refractivity contribution in [1.29, 1.82) is 0 Å². The number of hydrogen-bond acceptors (Lipinski definition) is 1. The van der Waals surface area contributed by atoms with Crippen molar-refractivity contribution >= 4 is 26.5 Å². The van der Waals surface area contributed by atoms with Gasteiger partial charge in [0.15, 0.2) is 0 Å². The highest BCUT2D eigenvalue weighted by molar-refractivity contribution is 7.04. The van der Waals surface area contributed by atoms with Crippen LogP contribution in [0.5, 0.6) is 5.75 Å². The highest BCUT2D eigenvalue weighted by Crippen LogP contribution is 2.45. The Bertz CT molecular complexity index is 586. The first kappa shape index (κ1) is 25.5. The summed E-state index contributed by atoms with van der Waals surface area (Å²) in [5, 5.41) is 3.46. The summed E-state index contributed by atoms with van der Waals surface area (Å²) < 4.78 is 5.78. The molecule has 1 aromatic rings. The molecule has 0 N–H and O–H groups in total. The molecule has 1 rings (SSSR count). The number of methoxy groups -OCH3 is 1. The number of benzene rings is 1. The van der Waals surface area contributed by atoms with Crippen molar-refractivity contribution in [2.45, 2.75) is 116 Å². The molecule has 0 heterocycles. The SMILES string of the molecule is COc1ccc([Si](C(C)C)(C(C)C)C(C)C)c([Si](C(C)C)(C(C)C)C(C)C)c1. The molecule has 0 fully saturated rings. The molecule has 0 radical (unpaired) electrons. The van der Waals surface area contributed by atoms with Gasteiger partial charge in [-0.05, 0) is 45.4 Å². The molecule has 162 valence electrons. The van der Waals surface area contributed by atoms with E-state index in [9.17, 15) is 0 Å². The molecular weight excluding hydrogens is 372 g/mol. The van der Waals surface area contributed by atoms with Gasteiger partial charge in [0.25, 0.3) is 0 Å². The standard InChI is InChI=1S/C25H48OSi2/c1-17(2)27(18(3)4,19(5)6)24-15-14-23(26-13)16-25(24)28(20(7)8,21(9)10)22(11)12/h14-22H,1-13H3. The van der Waals surface area contributed by atoms with Gasteiger partial charge in [-0.2, -0.15) is 0 Å². The van der Waals surface area contributed by atoms with E-state index >= 15 is 0 Å². The monoisotopic (exact) mass is 420 g/mol. The topological polar surface area (TPSA) is 9.23 Å². The zero-order valence-corrected chi connectivity index (χ0v) is 23.1. The van der Waals surface area contributed by atoms with Crippen LogP contribution in [-0.4, -0.2) is 23.3 Å². The number of rotatable bonds is 9. The molecule has 3 heteroatoms. The Kier molecular flexibility index (Phi) is 8.66. The Morgan fingerprint density at radius 2 is 0.857 bits per heavy atom. The van der Waals surface area contributed by atoms with Gasteiger partial charge in [-0.25, -0.2) is 0 Å². The molecule has 0 saturated heterocycles. The summed E-state index contributed by atoms with van der Waals surface area (Å²) in [7, 11) is -1.72. The van der Waals surface area contributed by atoms with Crippen LogP contribution in [0.25, 0.3) is 0 Å². The Hall–Kier alpha value is -0.546. The number of ether oxygens (including phenoxy) is 1. The van der Waals surface area contributed by atoms with Gasteiger partial charge < -0.3 is 4.74 Å². The molecule has 28 heavy (non-hydrogen) atoms. The zero-order chi connectivity index (χ0) is 22.0. The molecule has 0 spiro atoms. The predicted molar refractivity (Wildman–Crippen MR) is 134 cm³/mol. The average molecular weight is 421 g/mol. The van der Waals surface area contributed by atoms with Gasteiger partial charge in [-0.1, -0.05) is 99.5 Å². The van der Waals surface area contributed by atoms with Gasteiger partial charge in [-0.3, -0.25) is 0 Å². The summed E-state index contributed by atoms with van der Waals surface area (Å²) in [4.78, 5) is 0. The molecule has 0 aromatic heterocycles. The molecule has 0 aliphatic carbocycles. The molecule has 0 amide bonds. The van der Waals surface area contributed by atoms with Crippen LogP contribution in [0.3, 0.4) is 0 Å². The van der Waals surface area contributed by atoms with Gasteiger partial charge in [0, 0.05) is 0 Å². The van der Waals surface area contributed by atoms with E-state index in [2.05, 4.69) is 101 Å². The minimum Gasteiger partial charge on any atom is -0.497 e. The summed E-state index contributed by atoms with van der Waals surface area (Å²) >= 11 is 0. The number of hydrogen-bond donors (Lipinski definition) is 0. The molecule has 0 atom stereocenters. The smallest absolute Gasteiger partial charge is 0.118 e. The third-order valence-electron chi connectivity index (χ3n) is 7.89. The molecular formula is C25H48OSi2. The second kappa shape index (κ2) is 9.51. The van der Waals surface area contributed by atoms with Gasteiger partial charge in [-0.15, -0.1) is 0 Å². The highest BCUT2D eigenvalue weighted by Gasteiger charge is 2.51. The van der Waals surface area contributed by atoms with Crippen LogP contribution < -0.4 is 15.1 Å². The van der Waals surface area contributed by atoms with Gasteiger partial charge in [0.2, 0.25) is 0 Å². The average Bonchev–Trinajstić information content (AvgIpc) is 2.54. The normalized spacial score (nSPS) is 13.7. The van der Waals surface area contributed by atoms with E-state index in [0.717, 1.165) is 22.4 Å². The molecule has 0 aliphatic heterocycles. The van der Waals surface area contributed by atoms with E-state index in [1.54, 1.807) is 10.4 Å². The Labute approximate surface area is 178 Å². The summed E-state index contributed by atoms with van der Waals surface area (Å²) in [5.41, 5.74) is 4.28. The third-order valence-corrected chi connectivity index (χ3v) is 22.3. The predicted octanol–water partition coefficient (Wildman–Crippen LogP) is 7.47. The van der Waals surface area contributed by atoms with E-state index in [-0.39, 0.29) is 0 Å². The molecule has 0 aliphatic rings. The van der Waals surface area contributed by atoms with Crippen molar-refractivity contribution < 1.29 is 4.74 Å². The maximum Gasteiger partial charge on any atom is 0.118 e. The van der Waals surface area contributed by atoms with Crippen LogP contribution in [0.4, 0.5) is 0 Å². The van der Waals surface area contributed by atoms with Gasteiger partial charge in [0.05, 0.1) is 23.3 Å². The van der Waals surface area contributed by atoms with E-state index < -0.39 is 16.1 Å². The summed E-state index contributed by atoms with van der Waals surface area (Å²) in [6, 6.07) is 7.21. The summed E-state index contributed by atoms with van der Waals surface area (Å²) in [6.07, 6.45) is 0. The van der Waals surface area contributed by atoms with Crippen LogP contribution in [0.2, 0.25) is 33.2 Å². The first-order chi connectivity index (χ1) is 12.8. The summed E-state index contributed by atoms with van der Waals surface area (Å²) in [6.45, 7) is 29.8. The molecule has 1 aromatic carbocycles. The van der Waals surface area contributed by atoms with Crippen molar-refractivity contribution in [2.24, 2.45) is 0 Å². The van der Waals surface area contributed by atoms with Crippen molar-refractivity contribution in [2.75, 3.05) is 7.11 Å². The highest BCUT2D eigenvalue weighted by atomic mass is 28.3. The minimum atomic E-state index is -1.79. The maximum atomic E-state index is 5.78. The molecule has 0 bridgehead atoms. The quantitative estimate of drug-likeness (QED) is 0.376. The fourth-order valence-electron chi connectivity index (χ4n) is 7.25. The van der Waals surface area contributed by atoms with Gasteiger partial charge >= 0.3 is 0 Å². The van der Waals surface area contributed by atoms with Crippen molar-refractivity contribution in [3.8, 4) is 5.75 Å². The first-order valence-corrected chi connectivity index (χ1v) is 16.0. The second-order valence-corrected chi connectivity index (χ2v) is 22.4. The lowest BCUT2D eigenvalue weighted by Gasteiger charge is -2.50. The first-order valence-electron chi connectivity index (χ1n) is 11.5. The van der Waals surface area contributed by atoms with E-state index in [1.807, 2.05) is 7.11 Å². The summed E-state index contributed by atoms with van der Waals surface area (Å²) in [5.74, 6) is 1.04. The van der Waals surface area contributed by atoms with Crippen LogP contribution in [0, 0.1) is 0 Å². The second-order valence-electron chi connectivity index (χ2n) is 10.7. The van der Waals surface area contributed by atoms with E-state index in [4.69, 9.17) is 4.74 Å². The lowest BCUT2D eigenvalue weighted by Crippen LogP contribution is -2.69. The van der Waals surface area contributed by atoms with Crippen LogP contribution in [0.1, 0.15) is 83.1 Å². The Morgan fingerprint density at radius 3 is 1.14 bits per heavy atom. The van der Waals surface area contributed by atoms with Crippen LogP contribution in [0.15, 0.2) is 18.2 Å². The molecule has 1 nitrogen and oxygen atoms in total. The van der Waals surface area contributed by atoms with Crippen molar-refractivity contribution in [3.05, 3.63) is 18.2 Å².